The lowest BCUT2D eigenvalue weighted by molar-refractivity contribution is -0.243. The Morgan fingerprint density at radius 1 is 0.852 bits per heavy atom. The van der Waals surface area contributed by atoms with Crippen molar-refractivity contribution in [2.45, 2.75) is 58.0 Å². The summed E-state index contributed by atoms with van der Waals surface area (Å²) in [5.74, 6) is 0. The summed E-state index contributed by atoms with van der Waals surface area (Å²) in [6.07, 6.45) is -8.37. The first-order valence-electron chi connectivity index (χ1n) is 8.71. The van der Waals surface area contributed by atoms with Crippen LogP contribution < -0.4 is 0 Å². The van der Waals surface area contributed by atoms with Crippen LogP contribution in [0.1, 0.15) is 43.4 Å². The highest BCUT2D eigenvalue weighted by molar-refractivity contribution is 6.27. The molecule has 0 aliphatic heterocycles. The van der Waals surface area contributed by atoms with Gasteiger partial charge in [0.1, 0.15) is 0 Å². The van der Waals surface area contributed by atoms with Gasteiger partial charge in [0.05, 0.1) is 11.1 Å². The standard InChI is InChI=1S/C17H24F6O3Si/c1-3-24-15(25-4-2)26-27-8-6-5-7-12-9-13(16(18,19)20)11-14(10-12)17(21,22)23/h9-11,15H,3-8,27H2,1-2H3. The average molecular weight is 418 g/mol. The second-order valence-corrected chi connectivity index (χ2v) is 7.24. The van der Waals surface area contributed by atoms with Crippen LogP contribution in [0.15, 0.2) is 18.2 Å². The van der Waals surface area contributed by atoms with Crippen molar-refractivity contribution in [3.8, 4) is 0 Å². The van der Waals surface area contributed by atoms with E-state index in [2.05, 4.69) is 0 Å². The van der Waals surface area contributed by atoms with Crippen molar-refractivity contribution in [1.82, 2.24) is 0 Å². The number of benzene rings is 1. The van der Waals surface area contributed by atoms with E-state index in [4.69, 9.17) is 13.9 Å². The van der Waals surface area contributed by atoms with E-state index in [1.54, 1.807) is 13.8 Å². The zero-order valence-corrected chi connectivity index (χ0v) is 16.7. The Morgan fingerprint density at radius 2 is 1.37 bits per heavy atom. The van der Waals surface area contributed by atoms with Crippen molar-refractivity contribution < 1.29 is 40.2 Å². The molecule has 0 fully saturated rings. The quantitative estimate of drug-likeness (QED) is 0.221. The summed E-state index contributed by atoms with van der Waals surface area (Å²) >= 11 is 0. The van der Waals surface area contributed by atoms with E-state index in [9.17, 15) is 26.3 Å². The third kappa shape index (κ3) is 9.09. The summed E-state index contributed by atoms with van der Waals surface area (Å²) in [5.41, 5.74) is -2.52. The smallest absolute Gasteiger partial charge is 0.379 e. The van der Waals surface area contributed by atoms with Crippen molar-refractivity contribution in [1.29, 1.82) is 0 Å². The predicted octanol–water partition coefficient (Wildman–Crippen LogP) is 4.92. The molecule has 27 heavy (non-hydrogen) atoms. The van der Waals surface area contributed by atoms with Crippen molar-refractivity contribution in [3.63, 3.8) is 0 Å². The van der Waals surface area contributed by atoms with E-state index in [1.807, 2.05) is 0 Å². The van der Waals surface area contributed by atoms with Gasteiger partial charge in [0.25, 0.3) is 6.48 Å². The van der Waals surface area contributed by atoms with Gasteiger partial charge in [-0.1, -0.05) is 6.42 Å². The van der Waals surface area contributed by atoms with Gasteiger partial charge in [-0.15, -0.1) is 0 Å². The predicted molar refractivity (Wildman–Crippen MR) is 90.9 cm³/mol. The number of rotatable bonds is 11. The van der Waals surface area contributed by atoms with Crippen LogP contribution in [-0.4, -0.2) is 29.5 Å². The Balaban J connectivity index is 2.54. The van der Waals surface area contributed by atoms with E-state index in [1.165, 1.54) is 0 Å². The van der Waals surface area contributed by atoms with Crippen LogP contribution >= 0.6 is 0 Å². The highest BCUT2D eigenvalue weighted by Gasteiger charge is 2.36. The number of unbranched alkanes of at least 4 members (excludes halogenated alkanes) is 1. The van der Waals surface area contributed by atoms with Gasteiger partial charge in [0.15, 0.2) is 9.76 Å². The molecule has 1 aromatic carbocycles. The molecule has 0 heterocycles. The first-order valence-corrected chi connectivity index (χ1v) is 10.3. The molecule has 0 radical (unpaired) electrons. The number of hydrogen-bond donors (Lipinski definition) is 0. The zero-order valence-electron chi connectivity index (χ0n) is 15.3. The molecular weight excluding hydrogens is 394 g/mol. The number of aryl methyl sites for hydroxylation is 1. The lowest BCUT2D eigenvalue weighted by Crippen LogP contribution is -2.22. The van der Waals surface area contributed by atoms with E-state index >= 15 is 0 Å². The number of halogens is 6. The molecule has 0 aliphatic carbocycles. The van der Waals surface area contributed by atoms with E-state index < -0.39 is 39.7 Å². The molecule has 0 N–H and O–H groups in total. The third-order valence-corrected chi connectivity index (χ3v) is 4.91. The Labute approximate surface area is 156 Å². The lowest BCUT2D eigenvalue weighted by atomic mass is 10.0. The molecule has 0 unspecified atom stereocenters. The fraction of sp³-hybridized carbons (Fsp3) is 0.647. The van der Waals surface area contributed by atoms with Gasteiger partial charge in [-0.2, -0.15) is 26.3 Å². The molecule has 156 valence electrons. The first-order chi connectivity index (χ1) is 12.6. The fourth-order valence-corrected chi connectivity index (χ4v) is 3.48. The molecule has 0 saturated carbocycles. The van der Waals surface area contributed by atoms with E-state index in [0.717, 1.165) is 18.2 Å². The summed E-state index contributed by atoms with van der Waals surface area (Å²) in [7, 11) is -0.947. The maximum absolute atomic E-state index is 12.8. The Morgan fingerprint density at radius 3 is 1.81 bits per heavy atom. The summed E-state index contributed by atoms with van der Waals surface area (Å²) in [6, 6.07) is 2.43. The monoisotopic (exact) mass is 418 g/mol. The molecule has 1 aromatic rings. The highest BCUT2D eigenvalue weighted by Crippen LogP contribution is 2.36. The largest absolute Gasteiger partial charge is 0.416 e. The van der Waals surface area contributed by atoms with Crippen LogP contribution in [0, 0.1) is 0 Å². The van der Waals surface area contributed by atoms with Crippen LogP contribution in [-0.2, 0) is 32.7 Å². The maximum Gasteiger partial charge on any atom is 0.416 e. The molecule has 0 spiro atoms. The highest BCUT2D eigenvalue weighted by atomic mass is 28.2. The van der Waals surface area contributed by atoms with Crippen molar-refractivity contribution in [2.75, 3.05) is 13.2 Å². The lowest BCUT2D eigenvalue weighted by Gasteiger charge is -2.17. The number of ether oxygens (including phenoxy) is 2. The van der Waals surface area contributed by atoms with Crippen LogP contribution in [0.2, 0.25) is 6.04 Å². The van der Waals surface area contributed by atoms with Crippen LogP contribution in [0.25, 0.3) is 0 Å². The van der Waals surface area contributed by atoms with Crippen LogP contribution in [0.4, 0.5) is 26.3 Å². The SMILES string of the molecule is CCOC(OCC)O[SiH2]CCCCc1cc(C(F)(F)F)cc(C(F)(F)F)c1. The minimum Gasteiger partial charge on any atom is -0.379 e. The van der Waals surface area contributed by atoms with Crippen molar-refractivity contribution in [2.24, 2.45) is 0 Å². The topological polar surface area (TPSA) is 27.7 Å². The average Bonchev–Trinajstić information content (AvgIpc) is 2.56. The second kappa shape index (κ2) is 11.0. The van der Waals surface area contributed by atoms with E-state index in [-0.39, 0.29) is 18.1 Å². The molecule has 3 nitrogen and oxygen atoms in total. The van der Waals surface area contributed by atoms with Gasteiger partial charge >= 0.3 is 12.4 Å². The van der Waals surface area contributed by atoms with Gasteiger partial charge in [0, 0.05) is 13.2 Å². The molecule has 0 amide bonds. The molecule has 0 atom stereocenters. The molecule has 0 bridgehead atoms. The molecular formula is C17H24F6O3Si. The second-order valence-electron chi connectivity index (χ2n) is 5.79. The summed E-state index contributed by atoms with van der Waals surface area (Å²) in [5, 5.41) is 0. The minimum atomic E-state index is -4.82. The van der Waals surface area contributed by atoms with Gasteiger partial charge in [-0.05, 0) is 56.5 Å². The zero-order chi connectivity index (χ0) is 20.5. The molecule has 1 rings (SSSR count). The van der Waals surface area contributed by atoms with Crippen molar-refractivity contribution >= 4 is 9.76 Å². The van der Waals surface area contributed by atoms with Gasteiger partial charge in [0.2, 0.25) is 0 Å². The van der Waals surface area contributed by atoms with Crippen LogP contribution in [0.5, 0.6) is 0 Å². The van der Waals surface area contributed by atoms with Gasteiger partial charge < -0.3 is 13.9 Å². The molecule has 0 saturated heterocycles. The summed E-state index contributed by atoms with van der Waals surface area (Å²) in [4.78, 5) is 0. The molecule has 10 heteroatoms. The normalized spacial score (nSPS) is 13.2. The van der Waals surface area contributed by atoms with Crippen molar-refractivity contribution in [3.05, 3.63) is 34.9 Å². The molecule has 0 aromatic heterocycles. The number of hydrogen-bond acceptors (Lipinski definition) is 3. The number of alkyl halides is 6. The Kier molecular flexibility index (Phi) is 9.78. The Hall–Kier alpha value is -1.10. The minimum absolute atomic E-state index is 0.0289. The fourth-order valence-electron chi connectivity index (χ4n) is 2.37. The summed E-state index contributed by atoms with van der Waals surface area (Å²) < 4.78 is 92.9. The summed E-state index contributed by atoms with van der Waals surface area (Å²) in [6.45, 7) is 3.79. The van der Waals surface area contributed by atoms with Gasteiger partial charge in [-0.3, -0.25) is 0 Å². The third-order valence-electron chi connectivity index (χ3n) is 3.62. The van der Waals surface area contributed by atoms with E-state index in [0.29, 0.717) is 26.1 Å². The van der Waals surface area contributed by atoms with Gasteiger partial charge in [-0.25, -0.2) is 0 Å². The Bertz CT molecular complexity index is 524. The maximum atomic E-state index is 12.8. The molecule has 0 aliphatic rings. The first kappa shape index (κ1) is 23.9. The van der Waals surface area contributed by atoms with Crippen LogP contribution in [0.3, 0.4) is 0 Å².